The van der Waals surface area contributed by atoms with Gasteiger partial charge < -0.3 is 31.5 Å². The van der Waals surface area contributed by atoms with E-state index in [1.54, 1.807) is 52.6 Å². The molecule has 10 heterocycles. The number of aryl methyl sites for hydroxylation is 1. The minimum atomic E-state index is -0.211. The number of pyridine rings is 3. The third-order valence-electron chi connectivity index (χ3n) is 13.6. The zero-order valence-electron chi connectivity index (χ0n) is 44.6. The molecule has 12 rings (SSSR count). The summed E-state index contributed by atoms with van der Waals surface area (Å²) in [7, 11) is 0. The van der Waals surface area contributed by atoms with Gasteiger partial charge in [0.1, 0.15) is 49.0 Å². The van der Waals surface area contributed by atoms with Crippen LogP contribution in [0.1, 0.15) is 50.8 Å². The standard InChI is InChI=1S/C23H21N5OS.C22H22N4OS.C16H18N4OS/c24-20(29)16-9-12-28(13-10-16)22-19-17(15-6-2-1-3-7-15)14-30-23(19)27-21(26-22)18-8-4-5-11-25-18;1-14(11-13-27)24-21-19-18(16-8-4-3-5-9-16)15(2)28-22(19)26-20(25-21)17-10-6-7-12-23-17;1-11(5-4-9-21)18-14-12-7-10-22-16(12)20-15(19-14)13-6-2-3-8-17-13/h1-8,11,14,16H,9-10,12-13H2,(H2,24,29);3-10,12,14,27H,11,13H2,1-2H3,(H,24,25,26);2-3,6-8,10-11,21H,4-5,9H2,1H3,(H,18,19,20). The highest BCUT2D eigenvalue weighted by molar-refractivity contribution is 7.19. The van der Waals surface area contributed by atoms with Crippen molar-refractivity contribution < 1.29 is 15.0 Å². The Morgan fingerprint density at radius 1 is 0.625 bits per heavy atom. The van der Waals surface area contributed by atoms with Crippen molar-refractivity contribution in [3.05, 3.63) is 156 Å². The molecule has 1 amide bonds. The molecule has 1 saturated heterocycles. The van der Waals surface area contributed by atoms with Crippen molar-refractivity contribution in [2.24, 2.45) is 11.7 Å². The van der Waals surface area contributed by atoms with Crippen LogP contribution < -0.4 is 21.3 Å². The fourth-order valence-electron chi connectivity index (χ4n) is 9.52. The van der Waals surface area contributed by atoms with Crippen molar-refractivity contribution in [3.8, 4) is 56.8 Å². The quantitative estimate of drug-likeness (QED) is 0.0606. The number of nitrogens with one attached hydrogen (secondary N) is 2. The van der Waals surface area contributed by atoms with Crippen LogP contribution in [0.2, 0.25) is 0 Å². The highest BCUT2D eigenvalue weighted by atomic mass is 32.1. The summed E-state index contributed by atoms with van der Waals surface area (Å²) in [4.78, 5) is 59.8. The predicted octanol–water partition coefficient (Wildman–Crippen LogP) is 12.4. The lowest BCUT2D eigenvalue weighted by Crippen LogP contribution is -2.39. The molecule has 9 aromatic heterocycles. The minimum Gasteiger partial charge on any atom is -0.396 e. The molecule has 2 unspecified atom stereocenters. The van der Waals surface area contributed by atoms with E-state index in [4.69, 9.17) is 30.8 Å². The summed E-state index contributed by atoms with van der Waals surface area (Å²) >= 11 is 4.89. The molecule has 406 valence electrons. The van der Waals surface area contributed by atoms with Gasteiger partial charge in [-0.2, -0.15) is 0 Å². The number of thiophene rings is 3. The highest BCUT2D eigenvalue weighted by Gasteiger charge is 2.28. The average Bonchev–Trinajstić information content (AvgIpc) is 4.45. The number of aliphatic hydroxyl groups is 2. The first-order valence-electron chi connectivity index (χ1n) is 26.6. The Kier molecular flexibility index (Phi) is 18.0. The van der Waals surface area contributed by atoms with E-state index in [1.807, 2.05) is 109 Å². The number of hydrogen-bond donors (Lipinski definition) is 5. The van der Waals surface area contributed by atoms with Crippen molar-refractivity contribution in [1.82, 2.24) is 44.9 Å². The maximum Gasteiger partial charge on any atom is 0.220 e. The maximum absolute atomic E-state index is 11.6. The molecule has 6 N–H and O–H groups in total. The number of carbonyl (C=O) groups excluding carboxylic acids is 1. The molecule has 0 spiro atoms. The molecule has 16 nitrogen and oxygen atoms in total. The van der Waals surface area contributed by atoms with Crippen molar-refractivity contribution in [2.75, 3.05) is 41.8 Å². The van der Waals surface area contributed by atoms with Gasteiger partial charge in [-0.05, 0) is 112 Å². The van der Waals surface area contributed by atoms with Crippen molar-refractivity contribution in [3.63, 3.8) is 0 Å². The van der Waals surface area contributed by atoms with Crippen molar-refractivity contribution >= 4 is 88.0 Å². The molecule has 0 aliphatic carbocycles. The first-order valence-corrected chi connectivity index (χ1v) is 29.2. The highest BCUT2D eigenvalue weighted by Crippen LogP contribution is 2.43. The van der Waals surface area contributed by atoms with E-state index in [0.717, 1.165) is 126 Å². The number of carbonyl (C=O) groups is 1. The topological polar surface area (TPSA) is 227 Å². The Bertz CT molecular complexity index is 3790. The summed E-state index contributed by atoms with van der Waals surface area (Å²) in [6.07, 6.45) is 9.05. The van der Waals surface area contributed by atoms with Gasteiger partial charge in [0, 0.05) is 84.3 Å². The molecule has 11 aromatic rings. The molecule has 0 saturated carbocycles. The number of rotatable bonds is 16. The van der Waals surface area contributed by atoms with E-state index in [2.05, 4.69) is 83.9 Å². The monoisotopic (exact) mass is 1120 g/mol. The largest absolute Gasteiger partial charge is 0.396 e. The van der Waals surface area contributed by atoms with Crippen LogP contribution in [-0.4, -0.2) is 99.4 Å². The summed E-state index contributed by atoms with van der Waals surface area (Å²) in [6, 6.07) is 40.2. The Morgan fingerprint density at radius 3 is 1.76 bits per heavy atom. The lowest BCUT2D eigenvalue weighted by atomic mass is 9.96. The number of hydrogen-bond acceptors (Lipinski definition) is 18. The van der Waals surface area contributed by atoms with Gasteiger partial charge in [0.15, 0.2) is 17.5 Å². The first kappa shape index (κ1) is 55.1. The molecule has 80 heavy (non-hydrogen) atoms. The second kappa shape index (κ2) is 26.2. The van der Waals surface area contributed by atoms with E-state index in [-0.39, 0.29) is 37.1 Å². The molecule has 0 radical (unpaired) electrons. The van der Waals surface area contributed by atoms with Crippen LogP contribution in [0, 0.1) is 12.8 Å². The van der Waals surface area contributed by atoms with Gasteiger partial charge in [-0.15, -0.1) is 34.0 Å². The number of piperidine rings is 1. The zero-order valence-corrected chi connectivity index (χ0v) is 47.1. The van der Waals surface area contributed by atoms with Crippen LogP contribution >= 0.6 is 34.0 Å². The molecule has 1 aliphatic heterocycles. The summed E-state index contributed by atoms with van der Waals surface area (Å²) in [5.74, 6) is 4.11. The zero-order chi connectivity index (χ0) is 55.4. The fourth-order valence-corrected chi connectivity index (χ4v) is 12.3. The molecule has 19 heteroatoms. The summed E-state index contributed by atoms with van der Waals surface area (Å²) in [6.45, 7) is 8.09. The second-order valence-corrected chi connectivity index (χ2v) is 22.3. The molecule has 1 fully saturated rings. The summed E-state index contributed by atoms with van der Waals surface area (Å²) in [5, 5.41) is 32.5. The van der Waals surface area contributed by atoms with Gasteiger partial charge >= 0.3 is 0 Å². The van der Waals surface area contributed by atoms with E-state index in [9.17, 15) is 9.90 Å². The van der Waals surface area contributed by atoms with E-state index >= 15 is 0 Å². The number of amides is 1. The normalized spacial score (nSPS) is 13.3. The number of anilines is 3. The predicted molar refractivity (Wildman–Crippen MR) is 326 cm³/mol. The van der Waals surface area contributed by atoms with E-state index in [1.165, 1.54) is 4.88 Å². The number of fused-ring (bicyclic) bond motifs is 3. The SMILES string of the molecule is CC(CCCO)Nc1nc(-c2ccccn2)nc2sccc12.Cc1sc2nc(-c3ccccn3)nc(NC(C)CCO)c2c1-c1ccccc1.NC(=O)C1CCN(c2nc(-c3ccccn3)nc3scc(-c4ccccc4)c23)CC1. The lowest BCUT2D eigenvalue weighted by Gasteiger charge is -2.32. The number of benzene rings is 2. The third kappa shape index (κ3) is 12.9. The number of nitrogens with two attached hydrogens (primary N) is 1. The Labute approximate surface area is 476 Å². The number of aromatic nitrogens is 9. The van der Waals surface area contributed by atoms with Gasteiger partial charge in [-0.25, -0.2) is 29.9 Å². The van der Waals surface area contributed by atoms with Crippen LogP contribution in [0.15, 0.2) is 151 Å². The van der Waals surface area contributed by atoms with Gasteiger partial charge in [0.05, 0.1) is 16.2 Å². The van der Waals surface area contributed by atoms with Crippen LogP contribution in [0.5, 0.6) is 0 Å². The molecule has 2 aromatic carbocycles. The number of primary amides is 1. The summed E-state index contributed by atoms with van der Waals surface area (Å²) < 4.78 is 0. The Hall–Kier alpha value is -8.20. The number of nitrogens with zero attached hydrogens (tertiary/aromatic N) is 10. The first-order chi connectivity index (χ1) is 39.1. The molecular formula is C61H61N13O3S3. The lowest BCUT2D eigenvalue weighted by molar-refractivity contribution is -0.122. The van der Waals surface area contributed by atoms with Crippen LogP contribution in [0.25, 0.3) is 87.5 Å². The fraction of sp³-hybridized carbons (Fsp3) is 0.246. The van der Waals surface area contributed by atoms with Crippen molar-refractivity contribution in [2.45, 2.75) is 65.0 Å². The van der Waals surface area contributed by atoms with Crippen molar-refractivity contribution in [1.29, 1.82) is 0 Å². The van der Waals surface area contributed by atoms with Gasteiger partial charge in [0.25, 0.3) is 0 Å². The van der Waals surface area contributed by atoms with Crippen LogP contribution in [0.4, 0.5) is 17.5 Å². The summed E-state index contributed by atoms with van der Waals surface area (Å²) in [5.41, 5.74) is 12.4. The minimum absolute atomic E-state index is 0.0649. The van der Waals surface area contributed by atoms with Crippen LogP contribution in [-0.2, 0) is 4.79 Å². The van der Waals surface area contributed by atoms with E-state index in [0.29, 0.717) is 23.9 Å². The van der Waals surface area contributed by atoms with E-state index < -0.39 is 0 Å². The molecule has 0 bridgehead atoms. The second-order valence-electron chi connectivity index (χ2n) is 19.4. The molecule has 1 aliphatic rings. The average molecular weight is 1120 g/mol. The third-order valence-corrected chi connectivity index (χ3v) is 16.3. The van der Waals surface area contributed by atoms with Gasteiger partial charge in [-0.1, -0.05) is 78.9 Å². The van der Waals surface area contributed by atoms with Crippen LogP contribution in [0.3, 0.4) is 0 Å². The molecule has 2 atom stereocenters. The number of aliphatic hydroxyl groups excluding tert-OH is 2. The van der Waals surface area contributed by atoms with Gasteiger partial charge in [0.2, 0.25) is 5.91 Å². The van der Waals surface area contributed by atoms with Gasteiger partial charge in [-0.3, -0.25) is 19.7 Å². The Balaban J connectivity index is 0.000000137. The smallest absolute Gasteiger partial charge is 0.220 e. The molecular weight excluding hydrogens is 1060 g/mol. The Morgan fingerprint density at radius 2 is 1.18 bits per heavy atom. The maximum atomic E-state index is 11.6.